The Balaban J connectivity index is 2.33. The average Bonchev–Trinajstić information content (AvgIpc) is 2.74. The number of aromatic amines is 1. The SMILES string of the molecule is O=c1[nH]c(=O)n([C@H]2C[C@H](O)[C@@H](CO)S2)cc1CCF. The lowest BCUT2D eigenvalue weighted by molar-refractivity contribution is 0.137. The van der Waals surface area contributed by atoms with E-state index in [1.54, 1.807) is 0 Å². The summed E-state index contributed by atoms with van der Waals surface area (Å²) >= 11 is 1.27. The minimum atomic E-state index is -0.705. The van der Waals surface area contributed by atoms with Gasteiger partial charge in [-0.05, 0) is 0 Å². The largest absolute Gasteiger partial charge is 0.395 e. The lowest BCUT2D eigenvalue weighted by Crippen LogP contribution is -2.33. The molecule has 3 N–H and O–H groups in total. The number of aliphatic hydroxyl groups excluding tert-OH is 2. The highest BCUT2D eigenvalue weighted by Gasteiger charge is 2.34. The van der Waals surface area contributed by atoms with Gasteiger partial charge in [0.25, 0.3) is 5.56 Å². The van der Waals surface area contributed by atoms with Crippen LogP contribution in [0.15, 0.2) is 15.8 Å². The van der Waals surface area contributed by atoms with Crippen LogP contribution in [0.1, 0.15) is 17.4 Å². The summed E-state index contributed by atoms with van der Waals surface area (Å²) in [6, 6.07) is 0. The Labute approximate surface area is 112 Å². The lowest BCUT2D eigenvalue weighted by atomic mass is 10.2. The minimum absolute atomic E-state index is 0.0566. The van der Waals surface area contributed by atoms with Crippen LogP contribution in [0, 0.1) is 0 Å². The van der Waals surface area contributed by atoms with E-state index in [0.29, 0.717) is 6.42 Å². The second-order valence-electron chi connectivity index (χ2n) is 4.37. The summed E-state index contributed by atoms with van der Waals surface area (Å²) in [5.74, 6) is 0. The van der Waals surface area contributed by atoms with E-state index < -0.39 is 24.0 Å². The third kappa shape index (κ3) is 2.90. The Kier molecular flexibility index (Phi) is 4.43. The molecule has 2 rings (SSSR count). The van der Waals surface area contributed by atoms with Crippen LogP contribution in [0.25, 0.3) is 0 Å². The molecule has 0 radical (unpaired) electrons. The maximum Gasteiger partial charge on any atom is 0.329 e. The van der Waals surface area contributed by atoms with Crippen molar-refractivity contribution in [2.75, 3.05) is 13.3 Å². The first-order valence-corrected chi connectivity index (χ1v) is 6.85. The van der Waals surface area contributed by atoms with E-state index in [0.717, 1.165) is 0 Å². The van der Waals surface area contributed by atoms with Crippen molar-refractivity contribution >= 4 is 11.8 Å². The van der Waals surface area contributed by atoms with Gasteiger partial charge >= 0.3 is 5.69 Å². The van der Waals surface area contributed by atoms with Crippen molar-refractivity contribution in [1.82, 2.24) is 9.55 Å². The van der Waals surface area contributed by atoms with Gasteiger partial charge in [0, 0.05) is 24.6 Å². The highest BCUT2D eigenvalue weighted by Crippen LogP contribution is 2.40. The zero-order chi connectivity index (χ0) is 14.0. The van der Waals surface area contributed by atoms with Crippen molar-refractivity contribution in [2.24, 2.45) is 0 Å². The van der Waals surface area contributed by atoms with Gasteiger partial charge in [-0.15, -0.1) is 11.8 Å². The summed E-state index contributed by atoms with van der Waals surface area (Å²) in [5, 5.41) is 18.1. The third-order valence-electron chi connectivity index (χ3n) is 3.10. The van der Waals surface area contributed by atoms with Gasteiger partial charge in [0.05, 0.1) is 30.0 Å². The number of aryl methyl sites for hydroxylation is 1. The van der Waals surface area contributed by atoms with Gasteiger partial charge in [0.1, 0.15) is 0 Å². The van der Waals surface area contributed by atoms with Crippen LogP contribution < -0.4 is 11.2 Å². The number of halogens is 1. The second-order valence-corrected chi connectivity index (χ2v) is 5.80. The topological polar surface area (TPSA) is 95.3 Å². The van der Waals surface area contributed by atoms with Gasteiger partial charge in [-0.1, -0.05) is 0 Å². The number of H-pyrrole nitrogens is 1. The maximum absolute atomic E-state index is 12.3. The quantitative estimate of drug-likeness (QED) is 0.688. The molecule has 0 saturated carbocycles. The zero-order valence-electron chi connectivity index (χ0n) is 10.1. The van der Waals surface area contributed by atoms with Gasteiger partial charge in [-0.2, -0.15) is 0 Å². The van der Waals surface area contributed by atoms with Crippen LogP contribution in [0.4, 0.5) is 4.39 Å². The Morgan fingerprint density at radius 2 is 2.26 bits per heavy atom. The number of nitrogens with one attached hydrogen (secondary N) is 1. The first-order valence-electron chi connectivity index (χ1n) is 5.91. The van der Waals surface area contributed by atoms with Crippen molar-refractivity contribution in [1.29, 1.82) is 0 Å². The van der Waals surface area contributed by atoms with Crippen LogP contribution in [0.2, 0.25) is 0 Å². The molecule has 0 spiro atoms. The molecule has 0 aliphatic carbocycles. The smallest absolute Gasteiger partial charge is 0.329 e. The van der Waals surface area contributed by atoms with Crippen LogP contribution in [0.5, 0.6) is 0 Å². The molecule has 1 saturated heterocycles. The molecule has 1 aromatic rings. The molecule has 19 heavy (non-hydrogen) atoms. The maximum atomic E-state index is 12.3. The van der Waals surface area contributed by atoms with Gasteiger partial charge in [0.2, 0.25) is 0 Å². The van der Waals surface area contributed by atoms with E-state index in [9.17, 15) is 19.1 Å². The van der Waals surface area contributed by atoms with E-state index in [1.807, 2.05) is 0 Å². The van der Waals surface area contributed by atoms with E-state index in [-0.39, 0.29) is 29.2 Å². The van der Waals surface area contributed by atoms with Crippen LogP contribution >= 0.6 is 11.8 Å². The molecule has 0 aromatic carbocycles. The molecule has 8 heteroatoms. The van der Waals surface area contributed by atoms with Crippen molar-refractivity contribution in [3.63, 3.8) is 0 Å². The molecule has 1 aromatic heterocycles. The summed E-state index contributed by atoms with van der Waals surface area (Å²) in [7, 11) is 0. The van der Waals surface area contributed by atoms with Gasteiger partial charge in [-0.3, -0.25) is 18.7 Å². The van der Waals surface area contributed by atoms with Crippen molar-refractivity contribution in [2.45, 2.75) is 29.6 Å². The minimum Gasteiger partial charge on any atom is -0.395 e. The number of nitrogens with zero attached hydrogens (tertiary/aromatic N) is 1. The van der Waals surface area contributed by atoms with E-state index >= 15 is 0 Å². The molecule has 3 atom stereocenters. The summed E-state index contributed by atoms with van der Waals surface area (Å²) in [6.07, 6.45) is 0.879. The molecule has 6 nitrogen and oxygen atoms in total. The highest BCUT2D eigenvalue weighted by molar-refractivity contribution is 8.00. The molecule has 0 bridgehead atoms. The molecule has 1 fully saturated rings. The van der Waals surface area contributed by atoms with Gasteiger partial charge in [-0.25, -0.2) is 4.79 Å². The molecular formula is C11H15FN2O4S. The number of thioether (sulfide) groups is 1. The summed E-state index contributed by atoms with van der Waals surface area (Å²) in [4.78, 5) is 25.3. The fourth-order valence-electron chi connectivity index (χ4n) is 2.07. The van der Waals surface area contributed by atoms with E-state index in [1.165, 1.54) is 22.5 Å². The Morgan fingerprint density at radius 3 is 2.84 bits per heavy atom. The monoisotopic (exact) mass is 290 g/mol. The van der Waals surface area contributed by atoms with Crippen LogP contribution in [-0.4, -0.2) is 44.4 Å². The predicted molar refractivity (Wildman–Crippen MR) is 69.1 cm³/mol. The Morgan fingerprint density at radius 1 is 1.53 bits per heavy atom. The van der Waals surface area contributed by atoms with Crippen molar-refractivity contribution in [3.05, 3.63) is 32.6 Å². The number of aromatic nitrogens is 2. The van der Waals surface area contributed by atoms with Crippen molar-refractivity contribution < 1.29 is 14.6 Å². The fraction of sp³-hybridized carbons (Fsp3) is 0.636. The fourth-order valence-corrected chi connectivity index (χ4v) is 3.45. The van der Waals surface area contributed by atoms with Crippen LogP contribution in [-0.2, 0) is 6.42 Å². The van der Waals surface area contributed by atoms with E-state index in [2.05, 4.69) is 4.98 Å². The summed E-state index contributed by atoms with van der Waals surface area (Å²) < 4.78 is 13.6. The first-order chi connectivity index (χ1) is 9.06. The second kappa shape index (κ2) is 5.89. The lowest BCUT2D eigenvalue weighted by Gasteiger charge is -2.13. The molecule has 0 amide bonds. The first kappa shape index (κ1) is 14.3. The summed E-state index contributed by atoms with van der Waals surface area (Å²) in [6.45, 7) is -0.862. The number of aliphatic hydroxyl groups is 2. The highest BCUT2D eigenvalue weighted by atomic mass is 32.2. The third-order valence-corrected chi connectivity index (χ3v) is 4.65. The summed E-state index contributed by atoms with van der Waals surface area (Å²) in [5.41, 5.74) is -0.971. The van der Waals surface area contributed by atoms with E-state index in [4.69, 9.17) is 5.11 Å². The number of rotatable bonds is 4. The Bertz CT molecular complexity index is 558. The molecule has 0 unspecified atom stereocenters. The van der Waals surface area contributed by atoms with Crippen LogP contribution in [0.3, 0.4) is 0 Å². The Hall–Kier alpha value is -1.12. The number of hydrogen-bond acceptors (Lipinski definition) is 5. The van der Waals surface area contributed by atoms with Gasteiger partial charge < -0.3 is 10.2 Å². The average molecular weight is 290 g/mol. The van der Waals surface area contributed by atoms with Crippen molar-refractivity contribution in [3.8, 4) is 0 Å². The molecule has 106 valence electrons. The molecule has 1 aliphatic heterocycles. The standard InChI is InChI=1S/C11H15FN2O4S/c12-2-1-6-4-14(11(18)13-10(6)17)9-3-7(16)8(5-15)19-9/h4,7-9,15-16H,1-3,5H2,(H,13,17,18)/t7-,8+,9+/m0/s1. The number of hydrogen-bond donors (Lipinski definition) is 3. The molecule has 1 aliphatic rings. The number of alkyl halides is 1. The molecule has 2 heterocycles. The zero-order valence-corrected chi connectivity index (χ0v) is 10.9. The van der Waals surface area contributed by atoms with Gasteiger partial charge in [0.15, 0.2) is 0 Å². The molecular weight excluding hydrogens is 275 g/mol. The predicted octanol–water partition coefficient (Wildman–Crippen LogP) is -0.594. The normalized spacial score (nSPS) is 26.8.